The Labute approximate surface area is 124 Å². The van der Waals surface area contributed by atoms with E-state index in [1.807, 2.05) is 6.92 Å². The standard InChI is InChI=1S/C14H23N3O4/c1-3-9-4-7-17(11(8-9)13(19)20)14(21)15-10-5-6-16(2)12(10)18/h9-11H,3-8H2,1-2H3,(H,15,21)(H,19,20). The molecule has 7 nitrogen and oxygen atoms in total. The summed E-state index contributed by atoms with van der Waals surface area (Å²) in [7, 11) is 1.70. The molecule has 2 saturated heterocycles. The Kier molecular flexibility index (Phi) is 4.69. The molecule has 2 N–H and O–H groups in total. The average molecular weight is 297 g/mol. The largest absolute Gasteiger partial charge is 0.480 e. The lowest BCUT2D eigenvalue weighted by molar-refractivity contribution is -0.144. The van der Waals surface area contributed by atoms with Gasteiger partial charge >= 0.3 is 12.0 Å². The first-order valence-electron chi connectivity index (χ1n) is 7.49. The summed E-state index contributed by atoms with van der Waals surface area (Å²) < 4.78 is 0. The van der Waals surface area contributed by atoms with Crippen molar-refractivity contribution in [2.75, 3.05) is 20.1 Å². The smallest absolute Gasteiger partial charge is 0.326 e. The van der Waals surface area contributed by atoms with E-state index in [-0.39, 0.29) is 5.91 Å². The molecule has 2 aliphatic heterocycles. The lowest BCUT2D eigenvalue weighted by Gasteiger charge is -2.37. The molecule has 0 aromatic rings. The summed E-state index contributed by atoms with van der Waals surface area (Å²) in [6, 6.07) is -1.76. The van der Waals surface area contributed by atoms with Crippen LogP contribution >= 0.6 is 0 Å². The molecule has 0 bridgehead atoms. The van der Waals surface area contributed by atoms with Crippen LogP contribution in [0.2, 0.25) is 0 Å². The van der Waals surface area contributed by atoms with Gasteiger partial charge in [-0.2, -0.15) is 0 Å². The molecule has 2 heterocycles. The Morgan fingerprint density at radius 2 is 2.05 bits per heavy atom. The van der Waals surface area contributed by atoms with E-state index in [1.165, 1.54) is 4.90 Å². The molecule has 2 fully saturated rings. The number of rotatable bonds is 3. The van der Waals surface area contributed by atoms with Gasteiger partial charge in [-0.05, 0) is 25.2 Å². The summed E-state index contributed by atoms with van der Waals surface area (Å²) in [6.07, 6.45) is 2.79. The van der Waals surface area contributed by atoms with Gasteiger partial charge in [0.1, 0.15) is 12.1 Å². The van der Waals surface area contributed by atoms with E-state index >= 15 is 0 Å². The fourth-order valence-corrected chi connectivity index (χ4v) is 3.07. The third kappa shape index (κ3) is 3.28. The topological polar surface area (TPSA) is 90.0 Å². The molecule has 2 rings (SSSR count). The molecule has 3 unspecified atom stereocenters. The van der Waals surface area contributed by atoms with E-state index < -0.39 is 24.1 Å². The number of hydrogen-bond donors (Lipinski definition) is 2. The number of nitrogens with one attached hydrogen (secondary N) is 1. The van der Waals surface area contributed by atoms with Crippen molar-refractivity contribution in [2.45, 2.75) is 44.7 Å². The van der Waals surface area contributed by atoms with E-state index in [1.54, 1.807) is 11.9 Å². The van der Waals surface area contributed by atoms with Gasteiger partial charge in [0, 0.05) is 20.1 Å². The number of hydrogen-bond acceptors (Lipinski definition) is 3. The molecule has 0 aliphatic carbocycles. The number of likely N-dealkylation sites (tertiary alicyclic amines) is 2. The van der Waals surface area contributed by atoms with Crippen molar-refractivity contribution < 1.29 is 19.5 Å². The first-order valence-corrected chi connectivity index (χ1v) is 7.49. The Balaban J connectivity index is 2.00. The second-order valence-corrected chi connectivity index (χ2v) is 5.90. The van der Waals surface area contributed by atoms with Gasteiger partial charge in [-0.3, -0.25) is 4.79 Å². The minimum atomic E-state index is -0.974. The molecule has 118 valence electrons. The van der Waals surface area contributed by atoms with Crippen LogP contribution in [0.15, 0.2) is 0 Å². The van der Waals surface area contributed by atoms with Gasteiger partial charge < -0.3 is 20.2 Å². The van der Waals surface area contributed by atoms with Crippen LogP contribution < -0.4 is 5.32 Å². The van der Waals surface area contributed by atoms with Crippen LogP contribution in [0.5, 0.6) is 0 Å². The van der Waals surface area contributed by atoms with Crippen LogP contribution in [0.1, 0.15) is 32.6 Å². The summed E-state index contributed by atoms with van der Waals surface area (Å²) >= 11 is 0. The van der Waals surface area contributed by atoms with Crippen LogP contribution in [0.4, 0.5) is 4.79 Å². The maximum absolute atomic E-state index is 12.3. The zero-order valence-electron chi connectivity index (χ0n) is 12.5. The number of carboxylic acid groups (broad SMARTS) is 1. The fourth-order valence-electron chi connectivity index (χ4n) is 3.07. The lowest BCUT2D eigenvalue weighted by atomic mass is 9.89. The van der Waals surface area contributed by atoms with Crippen LogP contribution in [0.25, 0.3) is 0 Å². The number of likely N-dealkylation sites (N-methyl/N-ethyl adjacent to an activating group) is 1. The molecular weight excluding hydrogens is 274 g/mol. The highest BCUT2D eigenvalue weighted by atomic mass is 16.4. The fraction of sp³-hybridized carbons (Fsp3) is 0.786. The van der Waals surface area contributed by atoms with E-state index in [0.29, 0.717) is 31.8 Å². The quantitative estimate of drug-likeness (QED) is 0.794. The van der Waals surface area contributed by atoms with Gasteiger partial charge in [-0.25, -0.2) is 9.59 Å². The number of urea groups is 1. The number of nitrogens with zero attached hydrogens (tertiary/aromatic N) is 2. The summed E-state index contributed by atoms with van der Waals surface area (Å²) in [5, 5.41) is 12.0. The van der Waals surface area contributed by atoms with Crippen LogP contribution in [0, 0.1) is 5.92 Å². The van der Waals surface area contributed by atoms with Gasteiger partial charge in [0.25, 0.3) is 0 Å². The second kappa shape index (κ2) is 6.32. The minimum absolute atomic E-state index is 0.112. The van der Waals surface area contributed by atoms with E-state index in [9.17, 15) is 19.5 Å². The minimum Gasteiger partial charge on any atom is -0.480 e. The lowest BCUT2D eigenvalue weighted by Crippen LogP contribution is -2.56. The number of aliphatic carboxylic acids is 1. The van der Waals surface area contributed by atoms with E-state index in [2.05, 4.69) is 5.32 Å². The number of carbonyl (C=O) groups excluding carboxylic acids is 2. The van der Waals surface area contributed by atoms with Crippen LogP contribution in [0.3, 0.4) is 0 Å². The van der Waals surface area contributed by atoms with Gasteiger partial charge in [-0.15, -0.1) is 0 Å². The van der Waals surface area contributed by atoms with Gasteiger partial charge in [-0.1, -0.05) is 13.3 Å². The van der Waals surface area contributed by atoms with Crippen molar-refractivity contribution >= 4 is 17.9 Å². The average Bonchev–Trinajstić information content (AvgIpc) is 2.78. The van der Waals surface area contributed by atoms with Gasteiger partial charge in [0.15, 0.2) is 0 Å². The first-order chi connectivity index (χ1) is 9.93. The highest BCUT2D eigenvalue weighted by Gasteiger charge is 2.38. The molecule has 0 aromatic carbocycles. The summed E-state index contributed by atoms with van der Waals surface area (Å²) in [6.45, 7) is 3.08. The predicted octanol–water partition coefficient (Wildman–Crippen LogP) is 0.502. The maximum Gasteiger partial charge on any atom is 0.326 e. The number of carbonyl (C=O) groups is 3. The number of carboxylic acids is 1. The summed E-state index contributed by atoms with van der Waals surface area (Å²) in [5.74, 6) is -0.744. The predicted molar refractivity (Wildman–Crippen MR) is 75.7 cm³/mol. The Morgan fingerprint density at radius 3 is 2.57 bits per heavy atom. The molecule has 3 amide bonds. The van der Waals surface area contributed by atoms with Gasteiger partial charge in [0.05, 0.1) is 0 Å². The third-order valence-corrected chi connectivity index (χ3v) is 4.56. The molecule has 0 aromatic heterocycles. The molecular formula is C14H23N3O4. The van der Waals surface area contributed by atoms with E-state index in [0.717, 1.165) is 12.8 Å². The van der Waals surface area contributed by atoms with Crippen LogP contribution in [-0.2, 0) is 9.59 Å². The van der Waals surface area contributed by atoms with Crippen molar-refractivity contribution in [1.82, 2.24) is 15.1 Å². The SMILES string of the molecule is CCC1CCN(C(=O)NC2CCN(C)C2=O)C(C(=O)O)C1. The molecule has 21 heavy (non-hydrogen) atoms. The molecule has 3 atom stereocenters. The highest BCUT2D eigenvalue weighted by molar-refractivity contribution is 5.90. The molecule has 0 saturated carbocycles. The Morgan fingerprint density at radius 1 is 1.33 bits per heavy atom. The maximum atomic E-state index is 12.3. The molecule has 0 spiro atoms. The Bertz CT molecular complexity index is 440. The zero-order chi connectivity index (χ0) is 15.6. The van der Waals surface area contributed by atoms with Crippen LogP contribution in [-0.4, -0.2) is 65.0 Å². The zero-order valence-corrected chi connectivity index (χ0v) is 12.5. The number of amides is 3. The Hall–Kier alpha value is -1.79. The highest BCUT2D eigenvalue weighted by Crippen LogP contribution is 2.25. The monoisotopic (exact) mass is 297 g/mol. The number of piperidine rings is 1. The summed E-state index contributed by atoms with van der Waals surface area (Å²) in [4.78, 5) is 38.4. The third-order valence-electron chi connectivity index (χ3n) is 4.56. The molecule has 0 radical (unpaired) electrons. The van der Waals surface area contributed by atoms with Crippen molar-refractivity contribution in [3.63, 3.8) is 0 Å². The molecule has 2 aliphatic rings. The van der Waals surface area contributed by atoms with E-state index in [4.69, 9.17) is 0 Å². The first kappa shape index (κ1) is 15.6. The molecule has 7 heteroatoms. The van der Waals surface area contributed by atoms with Gasteiger partial charge in [0.2, 0.25) is 5.91 Å². The second-order valence-electron chi connectivity index (χ2n) is 5.90. The normalized spacial score (nSPS) is 29.6. The van der Waals surface area contributed by atoms with Crippen molar-refractivity contribution in [3.05, 3.63) is 0 Å². The van der Waals surface area contributed by atoms with Crippen molar-refractivity contribution in [1.29, 1.82) is 0 Å². The van der Waals surface area contributed by atoms with Crippen molar-refractivity contribution in [3.8, 4) is 0 Å². The summed E-state index contributed by atoms with van der Waals surface area (Å²) in [5.41, 5.74) is 0. The van der Waals surface area contributed by atoms with Crippen molar-refractivity contribution in [2.24, 2.45) is 5.92 Å².